The maximum atomic E-state index is 5.09. The van der Waals surface area contributed by atoms with Crippen molar-refractivity contribution in [3.63, 3.8) is 0 Å². The average molecular weight is 135 g/mol. The van der Waals surface area contributed by atoms with Crippen molar-refractivity contribution in [3.8, 4) is 5.75 Å². The summed E-state index contributed by atoms with van der Waals surface area (Å²) >= 11 is 0. The topological polar surface area (TPSA) is 35.3 Å². The van der Waals surface area contributed by atoms with Gasteiger partial charge in [0.05, 0.1) is 6.26 Å². The first kappa shape index (κ1) is 5.29. The van der Waals surface area contributed by atoms with Gasteiger partial charge in [-0.25, -0.2) is 0 Å². The smallest absolute Gasteiger partial charge is 0.202 e. The Balaban J connectivity index is 2.50. The molecule has 0 N–H and O–H groups in total. The molecule has 0 radical (unpaired) electrons. The van der Waals surface area contributed by atoms with Crippen molar-refractivity contribution in [2.24, 2.45) is 0 Å². The van der Waals surface area contributed by atoms with E-state index >= 15 is 0 Å². The van der Waals surface area contributed by atoms with E-state index < -0.39 is 0 Å². The highest BCUT2D eigenvalue weighted by molar-refractivity contribution is 5.53. The summed E-state index contributed by atoms with van der Waals surface area (Å²) in [6.07, 6.45) is 8.53. The zero-order valence-corrected chi connectivity index (χ0v) is 5.15. The summed E-state index contributed by atoms with van der Waals surface area (Å²) in [7, 11) is 0. The number of rotatable bonds is 0. The summed E-state index contributed by atoms with van der Waals surface area (Å²) in [5.41, 5.74) is 0. The third-order valence-electron chi connectivity index (χ3n) is 1.20. The molecule has 0 saturated carbocycles. The molecule has 1 aromatic rings. The zero-order chi connectivity index (χ0) is 6.81. The van der Waals surface area contributed by atoms with Crippen LogP contribution < -0.4 is 4.74 Å². The Morgan fingerprint density at radius 3 is 3.30 bits per heavy atom. The van der Waals surface area contributed by atoms with Gasteiger partial charge in [-0.05, 0) is 12.2 Å². The number of nitrogens with zero attached hydrogens (tertiary/aromatic N) is 1. The van der Waals surface area contributed by atoms with Crippen molar-refractivity contribution in [2.45, 2.75) is 0 Å². The molecule has 1 aliphatic heterocycles. The van der Waals surface area contributed by atoms with Gasteiger partial charge in [-0.15, -0.1) is 0 Å². The fourth-order valence-corrected chi connectivity index (χ4v) is 0.742. The third kappa shape index (κ3) is 0.719. The van der Waals surface area contributed by atoms with Crippen molar-refractivity contribution in [1.29, 1.82) is 0 Å². The molecule has 3 heteroatoms. The summed E-state index contributed by atoms with van der Waals surface area (Å²) in [4.78, 5) is 0. The minimum atomic E-state index is 0.657. The summed E-state index contributed by atoms with van der Waals surface area (Å²) in [6.45, 7) is 0. The van der Waals surface area contributed by atoms with Crippen LogP contribution in [-0.4, -0.2) is 5.16 Å². The van der Waals surface area contributed by atoms with E-state index in [0.29, 0.717) is 11.5 Å². The highest BCUT2D eigenvalue weighted by atomic mass is 16.5. The summed E-state index contributed by atoms with van der Waals surface area (Å²) in [5, 5.41) is 3.56. The van der Waals surface area contributed by atoms with Gasteiger partial charge in [0, 0.05) is 0 Å². The average Bonchev–Trinajstić information content (AvgIpc) is 2.28. The monoisotopic (exact) mass is 135 g/mol. The van der Waals surface area contributed by atoms with Gasteiger partial charge in [0.25, 0.3) is 0 Å². The van der Waals surface area contributed by atoms with Gasteiger partial charge in [0.2, 0.25) is 5.76 Å². The van der Waals surface area contributed by atoms with Crippen LogP contribution >= 0.6 is 0 Å². The van der Waals surface area contributed by atoms with Gasteiger partial charge in [-0.3, -0.25) is 0 Å². The highest BCUT2D eigenvalue weighted by Gasteiger charge is 2.05. The second kappa shape index (κ2) is 2.02. The molecule has 0 aromatic carbocycles. The van der Waals surface area contributed by atoms with E-state index in [-0.39, 0.29) is 0 Å². The lowest BCUT2D eigenvalue weighted by atomic mass is 10.4. The van der Waals surface area contributed by atoms with E-state index in [4.69, 9.17) is 9.26 Å². The first-order valence-corrected chi connectivity index (χ1v) is 2.91. The molecular formula is C7H5NO2. The molecule has 2 heterocycles. The van der Waals surface area contributed by atoms with Crippen LogP contribution in [0, 0.1) is 0 Å². The molecule has 1 aliphatic rings. The lowest BCUT2D eigenvalue weighted by Gasteiger charge is -1.90. The van der Waals surface area contributed by atoms with Crippen molar-refractivity contribution < 1.29 is 9.26 Å². The van der Waals surface area contributed by atoms with E-state index in [0.717, 1.165) is 0 Å². The van der Waals surface area contributed by atoms with Crippen LogP contribution in [0.1, 0.15) is 5.76 Å². The van der Waals surface area contributed by atoms with Gasteiger partial charge in [-0.1, -0.05) is 11.2 Å². The Morgan fingerprint density at radius 1 is 1.30 bits per heavy atom. The third-order valence-corrected chi connectivity index (χ3v) is 1.20. The van der Waals surface area contributed by atoms with E-state index in [1.54, 1.807) is 18.4 Å². The van der Waals surface area contributed by atoms with Gasteiger partial charge in [0.1, 0.15) is 6.20 Å². The summed E-state index contributed by atoms with van der Waals surface area (Å²) in [5.74, 6) is 1.31. The number of hydrogen-bond donors (Lipinski definition) is 0. The van der Waals surface area contributed by atoms with Gasteiger partial charge < -0.3 is 9.26 Å². The molecule has 0 bridgehead atoms. The maximum absolute atomic E-state index is 5.09. The molecular weight excluding hydrogens is 130 g/mol. The van der Waals surface area contributed by atoms with Gasteiger partial charge in [-0.2, -0.15) is 0 Å². The number of hydrogen-bond acceptors (Lipinski definition) is 3. The first-order valence-electron chi connectivity index (χ1n) is 2.91. The Kier molecular flexibility index (Phi) is 1.07. The van der Waals surface area contributed by atoms with Crippen LogP contribution in [0.25, 0.3) is 6.08 Å². The van der Waals surface area contributed by atoms with Crippen molar-refractivity contribution >= 4 is 6.08 Å². The lowest BCUT2D eigenvalue weighted by molar-refractivity contribution is 0.403. The zero-order valence-electron chi connectivity index (χ0n) is 5.15. The molecule has 10 heavy (non-hydrogen) atoms. The van der Waals surface area contributed by atoms with Crippen molar-refractivity contribution in [1.82, 2.24) is 5.16 Å². The van der Waals surface area contributed by atoms with Crippen LogP contribution in [0.4, 0.5) is 0 Å². The fourth-order valence-electron chi connectivity index (χ4n) is 0.742. The molecule has 0 atom stereocenters. The molecule has 0 unspecified atom stereocenters. The van der Waals surface area contributed by atoms with Crippen molar-refractivity contribution in [2.75, 3.05) is 0 Å². The van der Waals surface area contributed by atoms with E-state index in [9.17, 15) is 0 Å². The minimum Gasteiger partial charge on any atom is -0.459 e. The highest BCUT2D eigenvalue weighted by Crippen LogP contribution is 2.20. The molecule has 0 spiro atoms. The van der Waals surface area contributed by atoms with Crippen LogP contribution in [0.3, 0.4) is 0 Å². The summed E-state index contributed by atoms with van der Waals surface area (Å²) < 4.78 is 9.92. The second-order valence-electron chi connectivity index (χ2n) is 1.86. The Morgan fingerprint density at radius 2 is 2.30 bits per heavy atom. The molecule has 50 valence electrons. The number of allylic oxidation sites excluding steroid dienone is 2. The van der Waals surface area contributed by atoms with Crippen LogP contribution in [0.2, 0.25) is 0 Å². The van der Waals surface area contributed by atoms with Crippen molar-refractivity contribution in [3.05, 3.63) is 30.4 Å². The first-order chi connectivity index (χ1) is 4.97. The summed E-state index contributed by atoms with van der Waals surface area (Å²) in [6, 6.07) is 0. The second-order valence-corrected chi connectivity index (χ2v) is 1.86. The molecule has 1 aromatic heterocycles. The molecule has 0 saturated heterocycles. The Bertz CT molecular complexity index is 286. The number of aromatic nitrogens is 1. The van der Waals surface area contributed by atoms with Gasteiger partial charge >= 0.3 is 0 Å². The van der Waals surface area contributed by atoms with Crippen LogP contribution in [0.5, 0.6) is 5.75 Å². The normalized spacial score (nSPS) is 14.0. The SMILES string of the molecule is C1=COc2cnoc2C=C1. The minimum absolute atomic E-state index is 0.657. The largest absolute Gasteiger partial charge is 0.459 e. The van der Waals surface area contributed by atoms with E-state index in [2.05, 4.69) is 5.16 Å². The molecule has 0 aliphatic carbocycles. The molecule has 0 fully saturated rings. The predicted molar refractivity (Wildman–Crippen MR) is 35.3 cm³/mol. The maximum Gasteiger partial charge on any atom is 0.202 e. The molecule has 3 nitrogen and oxygen atoms in total. The molecule has 2 rings (SSSR count). The predicted octanol–water partition coefficient (Wildman–Crippen LogP) is 1.59. The van der Waals surface area contributed by atoms with Crippen LogP contribution in [0.15, 0.2) is 29.1 Å². The van der Waals surface area contributed by atoms with Crippen LogP contribution in [-0.2, 0) is 0 Å². The Hall–Kier alpha value is -1.51. The van der Waals surface area contributed by atoms with E-state index in [1.807, 2.05) is 6.08 Å². The lowest BCUT2D eigenvalue weighted by Crippen LogP contribution is -1.77. The number of fused-ring (bicyclic) bond motifs is 1. The standard InChI is InChI=1S/C7H5NO2/c1-2-4-9-7-5-8-10-6(7)3-1/h1-5H. The quantitative estimate of drug-likeness (QED) is 0.541. The van der Waals surface area contributed by atoms with Gasteiger partial charge in [0.15, 0.2) is 5.75 Å². The fraction of sp³-hybridized carbons (Fsp3) is 0. The Labute approximate surface area is 57.6 Å². The number of ether oxygens (including phenoxy) is 1. The van der Waals surface area contributed by atoms with E-state index in [1.165, 1.54) is 6.20 Å². The molecule has 0 amide bonds.